The SMILES string of the molecule is COc1ccc(Br)cc1[C@H]1N(c2cccc(Cl)c2)C(=O)[C@@H]2CCCN21. The molecule has 0 aliphatic carbocycles. The number of carbonyl (C=O) groups excluding carboxylic acids is 1. The third kappa shape index (κ3) is 2.84. The van der Waals surface area contributed by atoms with Crippen LogP contribution in [0.25, 0.3) is 0 Å². The molecule has 4 nitrogen and oxygen atoms in total. The van der Waals surface area contributed by atoms with E-state index in [2.05, 4.69) is 20.8 Å². The summed E-state index contributed by atoms with van der Waals surface area (Å²) < 4.78 is 6.56. The van der Waals surface area contributed by atoms with Gasteiger partial charge in [0.2, 0.25) is 5.91 Å². The van der Waals surface area contributed by atoms with Crippen LogP contribution in [0.15, 0.2) is 46.9 Å². The Bertz CT molecular complexity index is 829. The molecular weight excluding hydrogens is 404 g/mol. The number of amides is 1. The van der Waals surface area contributed by atoms with E-state index in [0.29, 0.717) is 5.02 Å². The lowest BCUT2D eigenvalue weighted by Crippen LogP contribution is -2.32. The topological polar surface area (TPSA) is 32.8 Å². The lowest BCUT2D eigenvalue weighted by molar-refractivity contribution is -0.119. The molecule has 2 atom stereocenters. The monoisotopic (exact) mass is 420 g/mol. The molecule has 2 aromatic carbocycles. The number of fused-ring (bicyclic) bond motifs is 1. The maximum atomic E-state index is 13.2. The molecule has 0 spiro atoms. The number of methoxy groups -OCH3 is 1. The molecule has 0 radical (unpaired) electrons. The molecule has 2 aliphatic rings. The Morgan fingerprint density at radius 2 is 2.08 bits per heavy atom. The van der Waals surface area contributed by atoms with Crippen molar-refractivity contribution in [1.29, 1.82) is 0 Å². The predicted molar refractivity (Wildman–Crippen MR) is 102 cm³/mol. The van der Waals surface area contributed by atoms with E-state index >= 15 is 0 Å². The van der Waals surface area contributed by atoms with Gasteiger partial charge < -0.3 is 4.74 Å². The normalized spacial score (nSPS) is 23.2. The van der Waals surface area contributed by atoms with Crippen LogP contribution in [0, 0.1) is 0 Å². The second-order valence-corrected chi connectivity index (χ2v) is 7.70. The number of ether oxygens (including phenoxy) is 1. The molecule has 2 saturated heterocycles. The summed E-state index contributed by atoms with van der Waals surface area (Å²) in [5, 5.41) is 0.623. The van der Waals surface area contributed by atoms with Crippen molar-refractivity contribution in [1.82, 2.24) is 4.90 Å². The Balaban J connectivity index is 1.87. The van der Waals surface area contributed by atoms with Crippen LogP contribution in [0.1, 0.15) is 24.6 Å². The van der Waals surface area contributed by atoms with Crippen molar-refractivity contribution >= 4 is 39.1 Å². The Morgan fingerprint density at radius 1 is 1.24 bits per heavy atom. The van der Waals surface area contributed by atoms with Crippen molar-refractivity contribution in [2.45, 2.75) is 25.0 Å². The highest BCUT2D eigenvalue weighted by Gasteiger charge is 2.50. The highest BCUT2D eigenvalue weighted by Crippen LogP contribution is 2.45. The lowest BCUT2D eigenvalue weighted by Gasteiger charge is -2.31. The molecule has 130 valence electrons. The van der Waals surface area contributed by atoms with Crippen molar-refractivity contribution < 1.29 is 9.53 Å². The van der Waals surface area contributed by atoms with Crippen LogP contribution >= 0.6 is 27.5 Å². The number of hydrogen-bond donors (Lipinski definition) is 0. The van der Waals surface area contributed by atoms with Gasteiger partial charge in [0.25, 0.3) is 0 Å². The van der Waals surface area contributed by atoms with Gasteiger partial charge >= 0.3 is 0 Å². The van der Waals surface area contributed by atoms with E-state index in [1.807, 2.05) is 47.4 Å². The summed E-state index contributed by atoms with van der Waals surface area (Å²) in [5.74, 6) is 0.910. The molecule has 0 unspecified atom stereocenters. The van der Waals surface area contributed by atoms with Crippen molar-refractivity contribution in [3.8, 4) is 5.75 Å². The quantitative estimate of drug-likeness (QED) is 0.725. The van der Waals surface area contributed by atoms with Crippen molar-refractivity contribution in [3.63, 3.8) is 0 Å². The highest BCUT2D eigenvalue weighted by molar-refractivity contribution is 9.10. The van der Waals surface area contributed by atoms with E-state index in [1.165, 1.54) is 0 Å². The maximum Gasteiger partial charge on any atom is 0.246 e. The summed E-state index contributed by atoms with van der Waals surface area (Å²) in [7, 11) is 1.66. The van der Waals surface area contributed by atoms with Gasteiger partial charge in [-0.1, -0.05) is 33.6 Å². The van der Waals surface area contributed by atoms with Crippen LogP contribution in [0.5, 0.6) is 5.75 Å². The zero-order chi connectivity index (χ0) is 17.6. The fourth-order valence-electron chi connectivity index (χ4n) is 3.90. The average molecular weight is 422 g/mol. The average Bonchev–Trinajstić information content (AvgIpc) is 3.17. The Hall–Kier alpha value is -1.56. The number of hydrogen-bond acceptors (Lipinski definition) is 3. The standard InChI is InChI=1S/C19H18BrClN2O2/c1-25-17-8-7-12(20)10-15(17)18-22-9-3-6-16(22)19(24)23(18)14-5-2-4-13(21)11-14/h2,4-5,7-8,10-11,16,18H,3,6,9H2,1H3/t16-,18+/m0/s1. The van der Waals surface area contributed by atoms with Gasteiger partial charge in [-0.25, -0.2) is 0 Å². The molecule has 2 heterocycles. The van der Waals surface area contributed by atoms with Gasteiger partial charge in [-0.2, -0.15) is 0 Å². The number of anilines is 1. The summed E-state index contributed by atoms with van der Waals surface area (Å²) in [5.41, 5.74) is 1.80. The number of carbonyl (C=O) groups is 1. The molecule has 1 amide bonds. The minimum atomic E-state index is -0.189. The number of nitrogens with zero attached hydrogens (tertiary/aromatic N) is 2. The van der Waals surface area contributed by atoms with Crippen molar-refractivity contribution in [3.05, 3.63) is 57.5 Å². The minimum Gasteiger partial charge on any atom is -0.496 e. The summed E-state index contributed by atoms with van der Waals surface area (Å²) in [6.07, 6.45) is 1.74. The Morgan fingerprint density at radius 3 is 2.84 bits per heavy atom. The largest absolute Gasteiger partial charge is 0.496 e. The molecule has 0 saturated carbocycles. The van der Waals surface area contributed by atoms with Crippen LogP contribution in [-0.4, -0.2) is 30.5 Å². The van der Waals surface area contributed by atoms with E-state index in [9.17, 15) is 4.79 Å². The van der Waals surface area contributed by atoms with E-state index in [4.69, 9.17) is 16.3 Å². The second kappa shape index (κ2) is 6.63. The molecule has 0 N–H and O–H groups in total. The fraction of sp³-hybridized carbons (Fsp3) is 0.316. The number of benzene rings is 2. The van der Waals surface area contributed by atoms with E-state index in [1.54, 1.807) is 7.11 Å². The first-order valence-electron chi connectivity index (χ1n) is 8.28. The first kappa shape index (κ1) is 16.9. The zero-order valence-corrected chi connectivity index (χ0v) is 16.1. The van der Waals surface area contributed by atoms with Gasteiger partial charge in [-0.3, -0.25) is 14.6 Å². The number of halogens is 2. The van der Waals surface area contributed by atoms with E-state index in [0.717, 1.165) is 40.9 Å². The molecule has 6 heteroatoms. The van der Waals surface area contributed by atoms with Crippen LogP contribution in [-0.2, 0) is 4.79 Å². The summed E-state index contributed by atoms with van der Waals surface area (Å²) in [4.78, 5) is 17.3. The highest BCUT2D eigenvalue weighted by atomic mass is 79.9. The van der Waals surface area contributed by atoms with Crippen molar-refractivity contribution in [2.75, 3.05) is 18.6 Å². The molecule has 25 heavy (non-hydrogen) atoms. The molecule has 0 aromatic heterocycles. The third-order valence-electron chi connectivity index (χ3n) is 4.93. The first-order chi connectivity index (χ1) is 12.1. The summed E-state index contributed by atoms with van der Waals surface area (Å²) in [6.45, 7) is 0.897. The molecule has 2 aliphatic heterocycles. The lowest BCUT2D eigenvalue weighted by atomic mass is 10.1. The van der Waals surface area contributed by atoms with Crippen LogP contribution in [0.3, 0.4) is 0 Å². The fourth-order valence-corrected chi connectivity index (χ4v) is 4.46. The minimum absolute atomic E-state index is 0.0762. The van der Waals surface area contributed by atoms with Gasteiger partial charge in [0.15, 0.2) is 0 Å². The molecule has 0 bridgehead atoms. The zero-order valence-electron chi connectivity index (χ0n) is 13.8. The predicted octanol–water partition coefficient (Wildman–Crippen LogP) is 4.62. The first-order valence-corrected chi connectivity index (χ1v) is 9.45. The maximum absolute atomic E-state index is 13.2. The van der Waals surface area contributed by atoms with E-state index in [-0.39, 0.29) is 18.1 Å². The smallest absolute Gasteiger partial charge is 0.246 e. The number of rotatable bonds is 3. The Kier molecular flexibility index (Phi) is 4.48. The van der Waals surface area contributed by atoms with Gasteiger partial charge in [0, 0.05) is 27.3 Å². The van der Waals surface area contributed by atoms with Gasteiger partial charge in [-0.05, 0) is 49.2 Å². The molecule has 4 rings (SSSR count). The Labute approximate surface area is 160 Å². The molecule has 2 fully saturated rings. The second-order valence-electron chi connectivity index (χ2n) is 6.34. The van der Waals surface area contributed by atoms with Crippen molar-refractivity contribution in [2.24, 2.45) is 0 Å². The summed E-state index contributed by atoms with van der Waals surface area (Å²) >= 11 is 9.73. The van der Waals surface area contributed by atoms with Crippen LogP contribution in [0.2, 0.25) is 5.02 Å². The summed E-state index contributed by atoms with van der Waals surface area (Å²) in [6, 6.07) is 13.3. The van der Waals surface area contributed by atoms with Crippen LogP contribution in [0.4, 0.5) is 5.69 Å². The third-order valence-corrected chi connectivity index (χ3v) is 5.66. The molecule has 2 aromatic rings. The van der Waals surface area contributed by atoms with Gasteiger partial charge in [0.1, 0.15) is 11.9 Å². The van der Waals surface area contributed by atoms with Crippen LogP contribution < -0.4 is 9.64 Å². The van der Waals surface area contributed by atoms with E-state index < -0.39 is 0 Å². The molecular formula is C19H18BrClN2O2. The van der Waals surface area contributed by atoms with Gasteiger partial charge in [0.05, 0.1) is 13.2 Å². The van der Waals surface area contributed by atoms with Gasteiger partial charge in [-0.15, -0.1) is 0 Å².